The Morgan fingerprint density at radius 3 is 1.83 bits per heavy atom. The quantitative estimate of drug-likeness (QED) is 0.248. The van der Waals surface area contributed by atoms with E-state index in [1.54, 1.807) is 0 Å². The maximum Gasteiger partial charge on any atom is 0.0866 e. The van der Waals surface area contributed by atoms with E-state index in [1.807, 2.05) is 0 Å². The molecule has 23 heavy (non-hydrogen) atoms. The summed E-state index contributed by atoms with van der Waals surface area (Å²) in [6.45, 7) is 4.52. The van der Waals surface area contributed by atoms with Gasteiger partial charge in [-0.15, -0.1) is 0 Å². The Morgan fingerprint density at radius 1 is 0.696 bits per heavy atom. The highest BCUT2D eigenvalue weighted by atomic mass is 16.6. The summed E-state index contributed by atoms with van der Waals surface area (Å²) in [7, 11) is 0. The molecule has 0 aromatic heterocycles. The van der Waals surface area contributed by atoms with Crippen LogP contribution in [0.5, 0.6) is 0 Å². The van der Waals surface area contributed by atoms with Crippen molar-refractivity contribution in [2.75, 3.05) is 0 Å². The molecule has 138 valence electrons. The lowest BCUT2D eigenvalue weighted by Crippen LogP contribution is -2.11. The van der Waals surface area contributed by atoms with Crippen LogP contribution in [0.15, 0.2) is 0 Å². The predicted octanol–water partition coefficient (Wildman–Crippen LogP) is 6.40. The molecule has 1 saturated heterocycles. The van der Waals surface area contributed by atoms with E-state index in [1.165, 1.54) is 89.9 Å². The van der Waals surface area contributed by atoms with Gasteiger partial charge in [0.15, 0.2) is 0 Å². The van der Waals surface area contributed by atoms with Crippen LogP contribution in [-0.2, 0) is 4.74 Å². The number of unbranched alkanes of at least 4 members (excludes halogenated alkanes) is 11. The second kappa shape index (κ2) is 14.3. The van der Waals surface area contributed by atoms with Crippen molar-refractivity contribution in [2.24, 2.45) is 0 Å². The highest BCUT2D eigenvalue weighted by Gasteiger charge is 2.38. The third-order valence-electron chi connectivity index (χ3n) is 5.18. The third-order valence-corrected chi connectivity index (χ3v) is 5.18. The van der Waals surface area contributed by atoms with Gasteiger partial charge in [-0.2, -0.15) is 0 Å². The van der Waals surface area contributed by atoms with Crippen molar-refractivity contribution in [1.29, 1.82) is 0 Å². The fourth-order valence-corrected chi connectivity index (χ4v) is 3.49. The van der Waals surface area contributed by atoms with E-state index >= 15 is 0 Å². The van der Waals surface area contributed by atoms with Gasteiger partial charge in [-0.3, -0.25) is 0 Å². The molecule has 0 aromatic carbocycles. The monoisotopic (exact) mass is 326 g/mol. The Hall–Kier alpha value is -0.0800. The second-order valence-electron chi connectivity index (χ2n) is 7.57. The molecule has 1 aliphatic rings. The van der Waals surface area contributed by atoms with Crippen LogP contribution in [0.3, 0.4) is 0 Å². The van der Waals surface area contributed by atoms with Gasteiger partial charge in [0.1, 0.15) is 0 Å². The maximum absolute atomic E-state index is 10.1. The molecule has 0 spiro atoms. The summed E-state index contributed by atoms with van der Waals surface area (Å²) >= 11 is 0. The fourth-order valence-electron chi connectivity index (χ4n) is 3.49. The molecule has 3 atom stereocenters. The summed E-state index contributed by atoms with van der Waals surface area (Å²) in [5.41, 5.74) is 0. The van der Waals surface area contributed by atoms with Gasteiger partial charge in [0.05, 0.1) is 18.3 Å². The normalized spacial score (nSPS) is 21.5. The number of aliphatic hydroxyl groups excluding tert-OH is 1. The molecule has 2 heteroatoms. The molecule has 0 aliphatic carbocycles. The van der Waals surface area contributed by atoms with Gasteiger partial charge in [-0.1, -0.05) is 97.3 Å². The zero-order valence-electron chi connectivity index (χ0n) is 15.9. The van der Waals surface area contributed by atoms with E-state index in [9.17, 15) is 5.11 Å². The van der Waals surface area contributed by atoms with Gasteiger partial charge in [-0.25, -0.2) is 0 Å². The molecule has 0 unspecified atom stereocenters. The number of aliphatic hydroxyl groups is 1. The topological polar surface area (TPSA) is 32.8 Å². The van der Waals surface area contributed by atoms with Gasteiger partial charge in [0.2, 0.25) is 0 Å². The van der Waals surface area contributed by atoms with Crippen molar-refractivity contribution in [3.63, 3.8) is 0 Å². The predicted molar refractivity (Wildman–Crippen MR) is 99.9 cm³/mol. The summed E-state index contributed by atoms with van der Waals surface area (Å²) < 4.78 is 5.70. The maximum atomic E-state index is 10.1. The molecule has 0 radical (unpaired) electrons. The Bertz CT molecular complexity index is 254. The van der Waals surface area contributed by atoms with Gasteiger partial charge < -0.3 is 9.84 Å². The van der Waals surface area contributed by atoms with Crippen LogP contribution in [0.25, 0.3) is 0 Å². The van der Waals surface area contributed by atoms with Crippen LogP contribution in [0.2, 0.25) is 0 Å². The highest BCUT2D eigenvalue weighted by Crippen LogP contribution is 2.32. The van der Waals surface area contributed by atoms with Crippen LogP contribution in [-0.4, -0.2) is 23.4 Å². The van der Waals surface area contributed by atoms with Crippen molar-refractivity contribution >= 4 is 0 Å². The smallest absolute Gasteiger partial charge is 0.0866 e. The second-order valence-corrected chi connectivity index (χ2v) is 7.57. The fraction of sp³-hybridized carbons (Fsp3) is 1.00. The molecule has 1 aliphatic heterocycles. The van der Waals surface area contributed by atoms with Crippen LogP contribution in [0.4, 0.5) is 0 Å². The van der Waals surface area contributed by atoms with Crippen LogP contribution >= 0.6 is 0 Å². The minimum Gasteiger partial charge on any atom is -0.393 e. The molecule has 2 nitrogen and oxygen atoms in total. The molecular weight excluding hydrogens is 284 g/mol. The molecule has 0 saturated carbocycles. The average Bonchev–Trinajstić information content (AvgIpc) is 3.28. The summed E-state index contributed by atoms with van der Waals surface area (Å²) in [6.07, 6.45) is 21.2. The lowest BCUT2D eigenvalue weighted by atomic mass is 10.0. The third kappa shape index (κ3) is 12.0. The molecule has 1 rings (SSSR count). The van der Waals surface area contributed by atoms with E-state index in [0.29, 0.717) is 12.2 Å². The van der Waals surface area contributed by atoms with Crippen molar-refractivity contribution in [3.05, 3.63) is 0 Å². The summed E-state index contributed by atoms with van der Waals surface area (Å²) in [5.74, 6) is 0. The largest absolute Gasteiger partial charge is 0.393 e. The Morgan fingerprint density at radius 2 is 1.22 bits per heavy atom. The lowest BCUT2D eigenvalue weighted by molar-refractivity contribution is 0.139. The van der Waals surface area contributed by atoms with Gasteiger partial charge >= 0.3 is 0 Å². The van der Waals surface area contributed by atoms with E-state index in [0.717, 1.165) is 12.8 Å². The van der Waals surface area contributed by atoms with Gasteiger partial charge in [0.25, 0.3) is 0 Å². The minimum atomic E-state index is -0.134. The van der Waals surface area contributed by atoms with Crippen molar-refractivity contribution in [1.82, 2.24) is 0 Å². The molecule has 0 amide bonds. The first-order chi connectivity index (χ1) is 11.3. The number of hydrogen-bond donors (Lipinski definition) is 1. The molecule has 1 N–H and O–H groups in total. The van der Waals surface area contributed by atoms with Crippen molar-refractivity contribution in [3.8, 4) is 0 Å². The van der Waals surface area contributed by atoms with Gasteiger partial charge in [0, 0.05) is 6.42 Å². The molecule has 0 aromatic rings. The van der Waals surface area contributed by atoms with Crippen LogP contribution < -0.4 is 0 Å². The van der Waals surface area contributed by atoms with Crippen LogP contribution in [0, 0.1) is 0 Å². The van der Waals surface area contributed by atoms with Gasteiger partial charge in [-0.05, 0) is 12.8 Å². The zero-order chi connectivity index (χ0) is 16.8. The summed E-state index contributed by atoms with van der Waals surface area (Å²) in [5, 5.41) is 10.1. The van der Waals surface area contributed by atoms with E-state index < -0.39 is 0 Å². The first-order valence-electron chi connectivity index (χ1n) is 10.6. The first kappa shape index (κ1) is 21.0. The number of ether oxygens (including phenoxy) is 1. The first-order valence-corrected chi connectivity index (χ1v) is 10.6. The number of hydrogen-bond acceptors (Lipinski definition) is 2. The zero-order valence-corrected chi connectivity index (χ0v) is 15.9. The van der Waals surface area contributed by atoms with E-state index in [-0.39, 0.29) is 6.10 Å². The summed E-state index contributed by atoms with van der Waals surface area (Å²) in [4.78, 5) is 0. The van der Waals surface area contributed by atoms with E-state index in [2.05, 4.69) is 13.8 Å². The standard InChI is InChI=1S/C21H42O2/c1-3-5-7-9-10-11-12-13-14-16-19(22)18-21-20(23-21)17-15-8-6-4-2/h19-22H,3-18H2,1-2H3/t19-,20+,21-/m0/s1. The van der Waals surface area contributed by atoms with Crippen molar-refractivity contribution < 1.29 is 9.84 Å². The molecule has 0 bridgehead atoms. The lowest BCUT2D eigenvalue weighted by Gasteiger charge is -2.08. The highest BCUT2D eigenvalue weighted by molar-refractivity contribution is 4.86. The SMILES string of the molecule is CCCCCCCCCCC[C@H](O)C[C@@H]1O[C@@H]1CCCCCC. The Kier molecular flexibility index (Phi) is 13.0. The number of epoxide rings is 1. The average molecular weight is 327 g/mol. The van der Waals surface area contributed by atoms with Crippen molar-refractivity contribution in [2.45, 2.75) is 135 Å². The van der Waals surface area contributed by atoms with E-state index in [4.69, 9.17) is 4.74 Å². The summed E-state index contributed by atoms with van der Waals surface area (Å²) in [6, 6.07) is 0. The Balaban J connectivity index is 1.82. The number of rotatable bonds is 17. The van der Waals surface area contributed by atoms with Crippen LogP contribution in [0.1, 0.15) is 117 Å². The molecule has 1 heterocycles. The minimum absolute atomic E-state index is 0.134. The molecular formula is C21H42O2. The Labute approximate surface area is 145 Å². The molecule has 1 fully saturated rings.